The number of hydrogen-bond acceptors (Lipinski definition) is 6. The summed E-state index contributed by atoms with van der Waals surface area (Å²) in [5, 5.41) is 1.22. The van der Waals surface area contributed by atoms with Crippen LogP contribution < -0.4 is 14.5 Å². The molecule has 0 spiro atoms. The van der Waals surface area contributed by atoms with Crippen LogP contribution in [0.25, 0.3) is 0 Å². The van der Waals surface area contributed by atoms with Gasteiger partial charge in [0.1, 0.15) is 5.75 Å². The Morgan fingerprint density at radius 3 is 2.40 bits per heavy atom. The van der Waals surface area contributed by atoms with Gasteiger partial charge in [0.25, 0.3) is 0 Å². The van der Waals surface area contributed by atoms with Gasteiger partial charge in [0.05, 0.1) is 29.7 Å². The number of amides is 2. The van der Waals surface area contributed by atoms with Crippen LogP contribution in [0, 0.1) is 29.6 Å². The van der Waals surface area contributed by atoms with Crippen molar-refractivity contribution in [2.75, 3.05) is 12.0 Å². The second kappa shape index (κ2) is 6.01. The van der Waals surface area contributed by atoms with E-state index in [4.69, 9.17) is 4.74 Å². The van der Waals surface area contributed by atoms with Crippen LogP contribution in [0.1, 0.15) is 25.1 Å². The first kappa shape index (κ1) is 18.7. The van der Waals surface area contributed by atoms with Gasteiger partial charge in [-0.3, -0.25) is 19.3 Å². The van der Waals surface area contributed by atoms with E-state index in [0.29, 0.717) is 17.4 Å². The second-order valence-electron chi connectivity index (χ2n) is 9.33. The van der Waals surface area contributed by atoms with Gasteiger partial charge in [0, 0.05) is 15.5 Å². The Morgan fingerprint density at radius 2 is 1.73 bits per heavy atom. The number of aromatic nitrogens is 1. The fraction of sp³-hybridized carbons (Fsp3) is 0.500. The summed E-state index contributed by atoms with van der Waals surface area (Å²) in [6.07, 6.45) is 0.925. The number of methoxy groups -OCH3 is 1. The van der Waals surface area contributed by atoms with Gasteiger partial charge in [-0.05, 0) is 48.4 Å². The van der Waals surface area contributed by atoms with Crippen molar-refractivity contribution >= 4 is 40.6 Å². The second-order valence-corrected chi connectivity index (χ2v) is 11.5. The SMILES string of the molecule is COc1ccc(N2C(=O)C3C4CC(C3C2=O)C2C4Sc3[nH]c(=O)sc3C2(C)C)cc1. The van der Waals surface area contributed by atoms with Crippen LogP contribution in [-0.4, -0.2) is 29.2 Å². The molecular weight excluding hydrogens is 420 g/mol. The van der Waals surface area contributed by atoms with Gasteiger partial charge in [-0.25, -0.2) is 0 Å². The van der Waals surface area contributed by atoms with E-state index in [9.17, 15) is 14.4 Å². The van der Waals surface area contributed by atoms with Gasteiger partial charge < -0.3 is 9.72 Å². The highest BCUT2D eigenvalue weighted by Crippen LogP contribution is 2.69. The number of carbonyl (C=O) groups excluding carboxylic acids is 2. The molecule has 4 aliphatic rings. The van der Waals surface area contributed by atoms with Crippen molar-refractivity contribution in [1.29, 1.82) is 0 Å². The topological polar surface area (TPSA) is 79.5 Å². The van der Waals surface area contributed by atoms with E-state index < -0.39 is 0 Å². The number of hydrogen-bond donors (Lipinski definition) is 1. The quantitative estimate of drug-likeness (QED) is 0.722. The molecule has 2 bridgehead atoms. The normalized spacial score (nSPS) is 35.4. The number of nitrogens with zero attached hydrogens (tertiary/aromatic N) is 1. The monoisotopic (exact) mass is 442 g/mol. The third kappa shape index (κ3) is 2.18. The molecule has 30 heavy (non-hydrogen) atoms. The molecule has 3 fully saturated rings. The van der Waals surface area contributed by atoms with Gasteiger partial charge in [-0.1, -0.05) is 25.2 Å². The van der Waals surface area contributed by atoms with E-state index in [2.05, 4.69) is 18.8 Å². The summed E-state index contributed by atoms with van der Waals surface area (Å²) in [4.78, 5) is 44.4. The molecule has 6 unspecified atom stereocenters. The molecule has 3 heterocycles. The van der Waals surface area contributed by atoms with Crippen LogP contribution in [0.5, 0.6) is 5.75 Å². The minimum atomic E-state index is -0.249. The number of benzene rings is 1. The van der Waals surface area contributed by atoms with Crippen molar-refractivity contribution < 1.29 is 14.3 Å². The summed E-state index contributed by atoms with van der Waals surface area (Å²) >= 11 is 3.02. The Kier molecular flexibility index (Phi) is 3.74. The number of imide groups is 1. The maximum atomic E-state index is 13.5. The van der Waals surface area contributed by atoms with Crippen LogP contribution in [0.3, 0.4) is 0 Å². The van der Waals surface area contributed by atoms with Gasteiger partial charge in [-0.15, -0.1) is 11.8 Å². The smallest absolute Gasteiger partial charge is 0.305 e. The van der Waals surface area contributed by atoms with Crippen molar-refractivity contribution in [1.82, 2.24) is 4.98 Å². The maximum Gasteiger partial charge on any atom is 0.305 e. The molecule has 1 aromatic carbocycles. The first-order valence-corrected chi connectivity index (χ1v) is 11.9. The molecule has 0 radical (unpaired) electrons. The molecule has 6 rings (SSSR count). The molecule has 2 saturated carbocycles. The lowest BCUT2D eigenvalue weighted by atomic mass is 9.64. The van der Waals surface area contributed by atoms with E-state index in [1.807, 2.05) is 0 Å². The predicted molar refractivity (Wildman–Crippen MR) is 115 cm³/mol. The van der Waals surface area contributed by atoms with Crippen molar-refractivity contribution in [3.05, 3.63) is 38.8 Å². The van der Waals surface area contributed by atoms with Gasteiger partial charge in [0.2, 0.25) is 11.8 Å². The average Bonchev–Trinajstić information content (AvgIpc) is 3.44. The summed E-state index contributed by atoms with van der Waals surface area (Å²) < 4.78 is 5.21. The van der Waals surface area contributed by atoms with Crippen LogP contribution in [-0.2, 0) is 15.0 Å². The van der Waals surface area contributed by atoms with Crippen molar-refractivity contribution in [3.8, 4) is 5.75 Å². The number of ether oxygens (including phenoxy) is 1. The number of rotatable bonds is 2. The van der Waals surface area contributed by atoms with Gasteiger partial charge in [-0.2, -0.15) is 0 Å². The van der Waals surface area contributed by atoms with E-state index >= 15 is 0 Å². The molecule has 2 amide bonds. The fourth-order valence-electron chi connectivity index (χ4n) is 6.64. The lowest BCUT2D eigenvalue weighted by molar-refractivity contribution is -0.123. The van der Waals surface area contributed by atoms with Crippen LogP contribution >= 0.6 is 23.1 Å². The number of fused-ring (bicyclic) bond motifs is 9. The summed E-state index contributed by atoms with van der Waals surface area (Å²) in [6, 6.07) is 7.13. The highest BCUT2D eigenvalue weighted by atomic mass is 32.2. The standard InChI is InChI=1S/C22H22N2O4S2/c1-22(2)15-11-8-12(16(15)29-18-17(22)30-21(27)23-18)14-13(11)19(25)24(20(14)26)9-4-6-10(28-3)7-5-9/h4-7,11-16H,8H2,1-3H3,(H,23,27). The Labute approximate surface area is 182 Å². The summed E-state index contributed by atoms with van der Waals surface area (Å²) in [6.45, 7) is 4.40. The van der Waals surface area contributed by atoms with E-state index in [-0.39, 0.29) is 51.0 Å². The Morgan fingerprint density at radius 1 is 1.07 bits per heavy atom. The molecule has 2 aliphatic heterocycles. The summed E-state index contributed by atoms with van der Waals surface area (Å²) in [5.41, 5.74) is 0.439. The van der Waals surface area contributed by atoms with E-state index in [0.717, 1.165) is 16.3 Å². The number of thioether (sulfide) groups is 1. The van der Waals surface area contributed by atoms with Crippen molar-refractivity contribution in [2.45, 2.75) is 36.0 Å². The minimum Gasteiger partial charge on any atom is -0.497 e. The summed E-state index contributed by atoms with van der Waals surface area (Å²) in [5.74, 6) is 0.717. The van der Waals surface area contributed by atoms with Gasteiger partial charge >= 0.3 is 4.87 Å². The van der Waals surface area contributed by atoms with Crippen LogP contribution in [0.4, 0.5) is 5.69 Å². The Bertz CT molecular complexity index is 1130. The number of anilines is 1. The molecule has 6 atom stereocenters. The number of aromatic amines is 1. The first-order valence-electron chi connectivity index (χ1n) is 10.2. The number of H-pyrrole nitrogens is 1. The van der Waals surface area contributed by atoms with E-state index in [1.165, 1.54) is 16.2 Å². The molecule has 2 aliphatic carbocycles. The molecule has 1 aromatic heterocycles. The first-order chi connectivity index (χ1) is 14.3. The molecule has 2 aromatic rings. The fourth-order valence-corrected chi connectivity index (χ4v) is 9.79. The van der Waals surface area contributed by atoms with Crippen LogP contribution in [0.2, 0.25) is 0 Å². The number of carbonyl (C=O) groups is 2. The minimum absolute atomic E-state index is 0.0223. The molecule has 1 saturated heterocycles. The zero-order valence-electron chi connectivity index (χ0n) is 16.9. The third-order valence-corrected chi connectivity index (χ3v) is 10.5. The molecule has 1 N–H and O–H groups in total. The largest absolute Gasteiger partial charge is 0.497 e. The van der Waals surface area contributed by atoms with Crippen molar-refractivity contribution in [2.24, 2.45) is 29.6 Å². The number of nitrogens with one attached hydrogen (secondary N) is 1. The average molecular weight is 443 g/mol. The Hall–Kier alpha value is -2.06. The highest BCUT2D eigenvalue weighted by Gasteiger charge is 2.70. The van der Waals surface area contributed by atoms with E-state index in [1.54, 1.807) is 43.1 Å². The lowest BCUT2D eigenvalue weighted by Crippen LogP contribution is -2.48. The molecule has 8 heteroatoms. The maximum absolute atomic E-state index is 13.5. The predicted octanol–water partition coefficient (Wildman–Crippen LogP) is 3.27. The highest BCUT2D eigenvalue weighted by molar-refractivity contribution is 8.00. The zero-order chi connectivity index (χ0) is 20.9. The third-order valence-electron chi connectivity index (χ3n) is 7.72. The number of thiazole rings is 1. The zero-order valence-corrected chi connectivity index (χ0v) is 18.5. The Balaban J connectivity index is 1.39. The van der Waals surface area contributed by atoms with Gasteiger partial charge in [0.15, 0.2) is 0 Å². The molecule has 156 valence electrons. The van der Waals surface area contributed by atoms with Crippen molar-refractivity contribution in [3.63, 3.8) is 0 Å². The molecular formula is C22H22N2O4S2. The molecule has 6 nitrogen and oxygen atoms in total. The lowest BCUT2D eigenvalue weighted by Gasteiger charge is -2.47. The van der Waals surface area contributed by atoms with Crippen LogP contribution in [0.15, 0.2) is 34.1 Å². The summed E-state index contributed by atoms with van der Waals surface area (Å²) in [7, 11) is 1.59.